The number of hydrogen-bond donors (Lipinski definition) is 4. The first-order valence-electron chi connectivity index (χ1n) is 9.91. The maximum absolute atomic E-state index is 13.6. The van der Waals surface area contributed by atoms with E-state index in [9.17, 15) is 18.7 Å². The van der Waals surface area contributed by atoms with Crippen molar-refractivity contribution in [2.45, 2.75) is 31.8 Å². The number of nitrogens with zero attached hydrogens (tertiary/aromatic N) is 5. The van der Waals surface area contributed by atoms with E-state index in [1.807, 2.05) is 0 Å². The molecular weight excluding hydrogens is 422 g/mol. The summed E-state index contributed by atoms with van der Waals surface area (Å²) in [7, 11) is 0. The molecule has 1 atom stereocenters. The van der Waals surface area contributed by atoms with E-state index >= 15 is 0 Å². The summed E-state index contributed by atoms with van der Waals surface area (Å²) in [5.74, 6) is -1.48. The number of rotatable bonds is 5. The van der Waals surface area contributed by atoms with Crippen LogP contribution >= 0.6 is 0 Å². The van der Waals surface area contributed by atoms with Gasteiger partial charge < -0.3 is 15.4 Å². The lowest BCUT2D eigenvalue weighted by Crippen LogP contribution is -2.25. The lowest BCUT2D eigenvalue weighted by atomic mass is 10.1. The fourth-order valence-corrected chi connectivity index (χ4v) is 3.25. The Morgan fingerprint density at radius 1 is 1.25 bits per heavy atom. The van der Waals surface area contributed by atoms with E-state index in [0.717, 1.165) is 18.9 Å². The first-order chi connectivity index (χ1) is 15.4. The van der Waals surface area contributed by atoms with Crippen molar-refractivity contribution in [2.75, 3.05) is 5.32 Å². The van der Waals surface area contributed by atoms with E-state index in [-0.39, 0.29) is 23.6 Å². The van der Waals surface area contributed by atoms with Crippen LogP contribution in [-0.4, -0.2) is 40.7 Å². The highest BCUT2D eigenvalue weighted by atomic mass is 19.1. The van der Waals surface area contributed by atoms with Crippen LogP contribution in [-0.2, 0) is 0 Å². The Labute approximate surface area is 178 Å². The highest BCUT2D eigenvalue weighted by Crippen LogP contribution is 2.22. The lowest BCUT2D eigenvalue weighted by molar-refractivity contribution is 0.454. The van der Waals surface area contributed by atoms with Crippen molar-refractivity contribution in [1.29, 1.82) is 0 Å². The summed E-state index contributed by atoms with van der Waals surface area (Å²) < 4.78 is 28.7. The summed E-state index contributed by atoms with van der Waals surface area (Å²) in [5, 5.41) is 17.7. The number of benzene rings is 1. The molecule has 0 bridgehead atoms. The summed E-state index contributed by atoms with van der Waals surface area (Å²) in [5.41, 5.74) is 0.705. The van der Waals surface area contributed by atoms with Gasteiger partial charge in [0.2, 0.25) is 11.8 Å². The molecule has 3 aromatic heterocycles. The van der Waals surface area contributed by atoms with Crippen LogP contribution in [0.3, 0.4) is 0 Å². The van der Waals surface area contributed by atoms with E-state index in [1.165, 1.54) is 28.9 Å². The highest BCUT2D eigenvalue weighted by molar-refractivity contribution is 5.57. The fraction of sp³-hybridized carbons (Fsp3) is 0.250. The predicted octanol–water partition coefficient (Wildman–Crippen LogP) is 0.908. The standard InChI is InChI=1S/C20H18F2N8O2/c1-9(10-4-12(21)7-13(22)5-10)24-18-27-16-11(6-15-17(31)28-20(32)26-15)8-23-30(16)19(29-18)25-14-2-3-14/h4-9,14,31H,2-3H2,1H3,(H,24,25,29)(H2,26,28,32). The summed E-state index contributed by atoms with van der Waals surface area (Å²) in [6.07, 6.45) is 4.92. The second-order valence-electron chi connectivity index (χ2n) is 7.60. The third-order valence-electron chi connectivity index (χ3n) is 4.99. The molecule has 1 saturated carbocycles. The van der Waals surface area contributed by atoms with Gasteiger partial charge in [-0.15, -0.1) is 0 Å². The number of fused-ring (bicyclic) bond motifs is 1. The maximum atomic E-state index is 13.6. The van der Waals surface area contributed by atoms with Crippen molar-refractivity contribution < 1.29 is 13.9 Å². The molecule has 0 radical (unpaired) electrons. The summed E-state index contributed by atoms with van der Waals surface area (Å²) in [6, 6.07) is 2.92. The van der Waals surface area contributed by atoms with Crippen molar-refractivity contribution in [3.8, 4) is 5.88 Å². The second-order valence-corrected chi connectivity index (χ2v) is 7.60. The van der Waals surface area contributed by atoms with E-state index in [1.54, 1.807) is 6.92 Å². The van der Waals surface area contributed by atoms with E-state index in [2.05, 4.69) is 35.3 Å². The number of H-pyrrole nitrogens is 2. The molecule has 1 aromatic carbocycles. The number of aromatic hydroxyl groups is 1. The minimum atomic E-state index is -0.678. The Morgan fingerprint density at radius 3 is 2.66 bits per heavy atom. The summed E-state index contributed by atoms with van der Waals surface area (Å²) in [6.45, 7) is 1.73. The quantitative estimate of drug-likeness (QED) is 0.364. The summed E-state index contributed by atoms with van der Waals surface area (Å²) in [4.78, 5) is 29.6. The van der Waals surface area contributed by atoms with Crippen LogP contribution in [0.25, 0.3) is 11.7 Å². The number of nitrogens with one attached hydrogen (secondary N) is 3. The molecule has 4 N–H and O–H groups in total. The minimum Gasteiger partial charge on any atom is -0.493 e. The van der Waals surface area contributed by atoms with Crippen LogP contribution in [0.15, 0.2) is 34.2 Å². The predicted molar refractivity (Wildman–Crippen MR) is 110 cm³/mol. The number of imidazole rings is 1. The first-order valence-corrected chi connectivity index (χ1v) is 9.91. The number of hydrogen-bond acceptors (Lipinski definition) is 7. The van der Waals surface area contributed by atoms with E-state index in [4.69, 9.17) is 0 Å². The lowest BCUT2D eigenvalue weighted by Gasteiger charge is -2.14. The van der Waals surface area contributed by atoms with E-state index < -0.39 is 23.4 Å². The van der Waals surface area contributed by atoms with E-state index in [0.29, 0.717) is 22.0 Å². The topological polar surface area (TPSA) is 136 Å². The normalized spacial score (nSPS) is 16.1. The van der Waals surface area contributed by atoms with Crippen LogP contribution < -0.4 is 21.8 Å². The van der Waals surface area contributed by atoms with Crippen molar-refractivity contribution in [3.05, 3.63) is 68.6 Å². The van der Waals surface area contributed by atoms with Gasteiger partial charge in [-0.2, -0.15) is 19.6 Å². The average molecular weight is 440 g/mol. The van der Waals surface area contributed by atoms with Gasteiger partial charge in [-0.05, 0) is 43.5 Å². The van der Waals surface area contributed by atoms with Gasteiger partial charge in [0.05, 0.1) is 18.3 Å². The molecule has 12 heteroatoms. The monoisotopic (exact) mass is 440 g/mol. The zero-order valence-corrected chi connectivity index (χ0v) is 16.8. The molecule has 4 aromatic rings. The molecule has 5 rings (SSSR count). The number of halogens is 2. The molecule has 1 unspecified atom stereocenters. The molecule has 0 spiro atoms. The first kappa shape index (κ1) is 19.8. The minimum absolute atomic E-state index is 0.150. The van der Waals surface area contributed by atoms with Gasteiger partial charge in [-0.1, -0.05) is 0 Å². The van der Waals surface area contributed by atoms with Gasteiger partial charge in [0.1, 0.15) is 17.3 Å². The smallest absolute Gasteiger partial charge is 0.326 e. The molecule has 0 aliphatic heterocycles. The Morgan fingerprint density at radius 2 is 2.00 bits per heavy atom. The molecule has 10 nitrogen and oxygen atoms in total. The number of aromatic amines is 2. The zero-order chi connectivity index (χ0) is 22.4. The van der Waals surface area contributed by atoms with Crippen molar-refractivity contribution >= 4 is 17.7 Å². The van der Waals surface area contributed by atoms with Gasteiger partial charge >= 0.3 is 5.69 Å². The van der Waals surface area contributed by atoms with Gasteiger partial charge in [-0.25, -0.2) is 18.6 Å². The Hall–Kier alpha value is -4.09. The number of aromatic nitrogens is 6. The second kappa shape index (κ2) is 7.55. The molecule has 32 heavy (non-hydrogen) atoms. The fourth-order valence-electron chi connectivity index (χ4n) is 3.25. The van der Waals surface area contributed by atoms with Gasteiger partial charge in [0, 0.05) is 11.3 Å². The molecule has 3 heterocycles. The maximum Gasteiger partial charge on any atom is 0.326 e. The average Bonchev–Trinajstić information content (AvgIpc) is 3.36. The third kappa shape index (κ3) is 3.94. The zero-order valence-electron chi connectivity index (χ0n) is 16.8. The Bertz CT molecular complexity index is 1480. The SMILES string of the molecule is CC(Nc1nc(=NC2CC2)n2ncc(=Cc3[nH]c(=O)[nH]c3O)c2n1)c1cc(F)cc(F)c1. The van der Waals surface area contributed by atoms with Gasteiger partial charge in [-0.3, -0.25) is 4.98 Å². The Balaban J connectivity index is 1.61. The Kier molecular flexibility index (Phi) is 4.68. The van der Waals surface area contributed by atoms with Crippen molar-refractivity contribution in [2.24, 2.45) is 4.99 Å². The van der Waals surface area contributed by atoms with Crippen LogP contribution in [0, 0.1) is 11.6 Å². The van der Waals surface area contributed by atoms with Crippen LogP contribution in [0.1, 0.15) is 37.1 Å². The molecule has 0 saturated heterocycles. The third-order valence-corrected chi connectivity index (χ3v) is 4.99. The molecular formula is C20H18F2N8O2. The molecule has 0 amide bonds. The van der Waals surface area contributed by atoms with Crippen LogP contribution in [0.2, 0.25) is 0 Å². The van der Waals surface area contributed by atoms with Gasteiger partial charge in [0.15, 0.2) is 5.65 Å². The molecule has 164 valence electrons. The van der Waals surface area contributed by atoms with Crippen LogP contribution in [0.4, 0.5) is 14.7 Å². The molecule has 1 aliphatic carbocycles. The molecule has 1 fully saturated rings. The number of anilines is 1. The highest BCUT2D eigenvalue weighted by Gasteiger charge is 2.21. The van der Waals surface area contributed by atoms with Gasteiger partial charge in [0.25, 0.3) is 5.62 Å². The van der Waals surface area contributed by atoms with Crippen LogP contribution in [0.5, 0.6) is 5.88 Å². The molecule has 1 aliphatic rings. The van der Waals surface area contributed by atoms with Crippen molar-refractivity contribution in [1.82, 2.24) is 29.5 Å². The largest absolute Gasteiger partial charge is 0.493 e. The summed E-state index contributed by atoms with van der Waals surface area (Å²) >= 11 is 0. The van der Waals surface area contributed by atoms with Crippen molar-refractivity contribution in [3.63, 3.8) is 0 Å².